The molecule has 0 saturated carbocycles. The number of methoxy groups -OCH3 is 2. The molecule has 1 N–H and O–H groups in total. The van der Waals surface area contributed by atoms with E-state index in [1.807, 2.05) is 13.8 Å². The minimum absolute atomic E-state index is 0.00661. The number of carbonyl (C=O) groups excluding carboxylic acids is 2. The fourth-order valence-electron chi connectivity index (χ4n) is 1.98. The molecule has 0 heterocycles. The summed E-state index contributed by atoms with van der Waals surface area (Å²) in [4.78, 5) is 23.8. The highest BCUT2D eigenvalue weighted by molar-refractivity contribution is 5.82. The lowest BCUT2D eigenvalue weighted by Crippen LogP contribution is -2.50. The molecule has 0 aliphatic carbocycles. The third kappa shape index (κ3) is 5.68. The van der Waals surface area contributed by atoms with Gasteiger partial charge in [0.25, 0.3) is 5.91 Å². The quantitative estimate of drug-likeness (QED) is 0.720. The zero-order valence-corrected chi connectivity index (χ0v) is 15.2. The van der Waals surface area contributed by atoms with Gasteiger partial charge >= 0.3 is 5.97 Å². The molecule has 7 heteroatoms. The number of hydrogen-bond acceptors (Lipinski definition) is 6. The van der Waals surface area contributed by atoms with E-state index in [-0.39, 0.29) is 12.3 Å². The van der Waals surface area contributed by atoms with Crippen LogP contribution in [0.15, 0.2) is 18.2 Å². The number of hydrogen-bond donors (Lipinski definition) is 1. The van der Waals surface area contributed by atoms with Crippen molar-refractivity contribution in [3.8, 4) is 17.6 Å². The molecule has 1 aromatic rings. The fraction of sp³-hybridized carbons (Fsp3) is 0.500. The first-order chi connectivity index (χ1) is 11.8. The number of esters is 1. The highest BCUT2D eigenvalue weighted by Gasteiger charge is 2.30. The molecule has 0 aliphatic rings. The number of rotatable bonds is 8. The fourth-order valence-corrected chi connectivity index (χ4v) is 1.98. The standard InChI is InChI=1S/C18H24N2O5/c1-12(2)18(3,11-19)20-16(21)10-25-17(22)9-13-6-7-14(23-4)15(8-13)24-5/h6-8,12H,9-10H2,1-5H3,(H,20,21)/t18-/m0/s1. The summed E-state index contributed by atoms with van der Waals surface area (Å²) >= 11 is 0. The summed E-state index contributed by atoms with van der Waals surface area (Å²) in [6, 6.07) is 7.14. The number of nitriles is 1. The summed E-state index contributed by atoms with van der Waals surface area (Å²) in [6.45, 7) is 4.84. The van der Waals surface area contributed by atoms with Crippen molar-refractivity contribution >= 4 is 11.9 Å². The second kappa shape index (κ2) is 8.92. The van der Waals surface area contributed by atoms with E-state index in [9.17, 15) is 14.9 Å². The van der Waals surface area contributed by atoms with E-state index in [0.29, 0.717) is 17.1 Å². The van der Waals surface area contributed by atoms with Crippen LogP contribution in [0.5, 0.6) is 11.5 Å². The molecular weight excluding hydrogens is 324 g/mol. The van der Waals surface area contributed by atoms with Gasteiger partial charge in [-0.15, -0.1) is 0 Å². The van der Waals surface area contributed by atoms with E-state index in [1.54, 1.807) is 25.1 Å². The molecule has 0 aliphatic heterocycles. The summed E-state index contributed by atoms with van der Waals surface area (Å²) in [5.74, 6) is -0.0800. The molecule has 1 aromatic carbocycles. The maximum Gasteiger partial charge on any atom is 0.310 e. The maximum atomic E-state index is 11.9. The van der Waals surface area contributed by atoms with Gasteiger partial charge in [-0.05, 0) is 30.5 Å². The third-order valence-corrected chi connectivity index (χ3v) is 3.95. The van der Waals surface area contributed by atoms with Crippen molar-refractivity contribution in [3.63, 3.8) is 0 Å². The first kappa shape index (κ1) is 20.3. The van der Waals surface area contributed by atoms with Crippen LogP contribution in [0.2, 0.25) is 0 Å². The predicted octanol–water partition coefficient (Wildman–Crippen LogP) is 1.84. The van der Waals surface area contributed by atoms with Gasteiger partial charge in [-0.3, -0.25) is 9.59 Å². The Labute approximate surface area is 147 Å². The summed E-state index contributed by atoms with van der Waals surface area (Å²) in [5.41, 5.74) is -0.334. The molecule has 1 rings (SSSR count). The summed E-state index contributed by atoms with van der Waals surface area (Å²) in [5, 5.41) is 11.8. The normalized spacial score (nSPS) is 12.7. The average molecular weight is 348 g/mol. The molecule has 136 valence electrons. The first-order valence-corrected chi connectivity index (χ1v) is 7.84. The van der Waals surface area contributed by atoms with Crippen LogP contribution in [0.1, 0.15) is 26.3 Å². The van der Waals surface area contributed by atoms with Crippen molar-refractivity contribution in [1.82, 2.24) is 5.32 Å². The van der Waals surface area contributed by atoms with Crippen LogP contribution >= 0.6 is 0 Å². The zero-order valence-electron chi connectivity index (χ0n) is 15.2. The van der Waals surface area contributed by atoms with Gasteiger partial charge in [0, 0.05) is 0 Å². The Bertz CT molecular complexity index is 666. The number of nitrogens with zero attached hydrogens (tertiary/aromatic N) is 1. The lowest BCUT2D eigenvalue weighted by molar-refractivity contribution is -0.148. The van der Waals surface area contributed by atoms with Crippen molar-refractivity contribution in [2.45, 2.75) is 32.7 Å². The van der Waals surface area contributed by atoms with Gasteiger partial charge in [-0.2, -0.15) is 5.26 Å². The largest absolute Gasteiger partial charge is 0.493 e. The Morgan fingerprint density at radius 3 is 2.40 bits per heavy atom. The van der Waals surface area contributed by atoms with E-state index in [1.165, 1.54) is 14.2 Å². The highest BCUT2D eigenvalue weighted by atomic mass is 16.5. The van der Waals surface area contributed by atoms with Crippen molar-refractivity contribution < 1.29 is 23.8 Å². The molecule has 1 amide bonds. The number of carbonyl (C=O) groups is 2. The first-order valence-electron chi connectivity index (χ1n) is 7.84. The molecule has 25 heavy (non-hydrogen) atoms. The zero-order chi connectivity index (χ0) is 19.0. The monoisotopic (exact) mass is 348 g/mol. The topological polar surface area (TPSA) is 97.6 Å². The summed E-state index contributed by atoms with van der Waals surface area (Å²) in [6.07, 6.45) is -0.00661. The van der Waals surface area contributed by atoms with Crippen LogP contribution in [0.4, 0.5) is 0 Å². The van der Waals surface area contributed by atoms with E-state index >= 15 is 0 Å². The molecule has 0 spiro atoms. The second-order valence-corrected chi connectivity index (χ2v) is 6.04. The lowest BCUT2D eigenvalue weighted by atomic mass is 9.90. The van der Waals surface area contributed by atoms with E-state index < -0.39 is 24.0 Å². The van der Waals surface area contributed by atoms with Gasteiger partial charge in [-0.1, -0.05) is 19.9 Å². The number of amides is 1. The summed E-state index contributed by atoms with van der Waals surface area (Å²) in [7, 11) is 3.03. The Balaban J connectivity index is 2.58. The van der Waals surface area contributed by atoms with Crippen molar-refractivity contribution in [3.05, 3.63) is 23.8 Å². The van der Waals surface area contributed by atoms with Crippen LogP contribution in [0.3, 0.4) is 0 Å². The minimum Gasteiger partial charge on any atom is -0.493 e. The molecular formula is C18H24N2O5. The van der Waals surface area contributed by atoms with E-state index in [2.05, 4.69) is 11.4 Å². The summed E-state index contributed by atoms with van der Waals surface area (Å²) < 4.78 is 15.3. The molecule has 7 nitrogen and oxygen atoms in total. The molecule has 0 bridgehead atoms. The Hall–Kier alpha value is -2.75. The highest BCUT2D eigenvalue weighted by Crippen LogP contribution is 2.27. The van der Waals surface area contributed by atoms with Crippen LogP contribution in [-0.2, 0) is 20.7 Å². The van der Waals surface area contributed by atoms with Crippen LogP contribution in [-0.4, -0.2) is 38.2 Å². The van der Waals surface area contributed by atoms with Gasteiger partial charge in [0.05, 0.1) is 26.7 Å². The predicted molar refractivity (Wildman–Crippen MR) is 91.2 cm³/mol. The second-order valence-electron chi connectivity index (χ2n) is 6.04. The number of ether oxygens (including phenoxy) is 3. The molecule has 0 aromatic heterocycles. The Morgan fingerprint density at radius 1 is 1.24 bits per heavy atom. The van der Waals surface area contributed by atoms with Crippen molar-refractivity contribution in [1.29, 1.82) is 5.26 Å². The molecule has 0 unspecified atom stereocenters. The van der Waals surface area contributed by atoms with Gasteiger partial charge in [0.2, 0.25) is 0 Å². The van der Waals surface area contributed by atoms with Gasteiger partial charge in [-0.25, -0.2) is 0 Å². The number of benzene rings is 1. The van der Waals surface area contributed by atoms with Crippen LogP contribution in [0.25, 0.3) is 0 Å². The molecule has 0 fully saturated rings. The number of nitrogens with one attached hydrogen (secondary N) is 1. The lowest BCUT2D eigenvalue weighted by Gasteiger charge is -2.27. The SMILES string of the molecule is COc1ccc(CC(=O)OCC(=O)N[C@@](C)(C#N)C(C)C)cc1OC. The van der Waals surface area contributed by atoms with Crippen LogP contribution in [0, 0.1) is 17.2 Å². The third-order valence-electron chi connectivity index (χ3n) is 3.95. The van der Waals surface area contributed by atoms with Crippen molar-refractivity contribution in [2.75, 3.05) is 20.8 Å². The van der Waals surface area contributed by atoms with Gasteiger partial charge in [0.15, 0.2) is 18.1 Å². The average Bonchev–Trinajstić information content (AvgIpc) is 2.59. The van der Waals surface area contributed by atoms with Gasteiger partial charge in [0.1, 0.15) is 5.54 Å². The van der Waals surface area contributed by atoms with Gasteiger partial charge < -0.3 is 19.5 Å². The van der Waals surface area contributed by atoms with E-state index in [0.717, 1.165) is 0 Å². The Morgan fingerprint density at radius 2 is 1.88 bits per heavy atom. The molecule has 0 saturated heterocycles. The van der Waals surface area contributed by atoms with Crippen molar-refractivity contribution in [2.24, 2.45) is 5.92 Å². The molecule has 1 atom stereocenters. The van der Waals surface area contributed by atoms with Crippen LogP contribution < -0.4 is 14.8 Å². The smallest absolute Gasteiger partial charge is 0.310 e. The minimum atomic E-state index is -1.01. The van der Waals surface area contributed by atoms with E-state index in [4.69, 9.17) is 14.2 Å². The molecule has 0 radical (unpaired) electrons. The Kier molecular flexibility index (Phi) is 7.24. The maximum absolute atomic E-state index is 11.9.